The first kappa shape index (κ1) is 11.2. The van der Waals surface area contributed by atoms with E-state index in [1.807, 2.05) is 20.8 Å². The quantitative estimate of drug-likeness (QED) is 0.769. The second kappa shape index (κ2) is 3.71. The molecular formula is C10H14O3S. The summed E-state index contributed by atoms with van der Waals surface area (Å²) in [6.45, 7) is 5.88. The Kier molecular flexibility index (Phi) is 2.97. The number of aryl methyl sites for hydroxylation is 1. The first-order valence-electron chi connectivity index (χ1n) is 4.40. The van der Waals surface area contributed by atoms with Crippen molar-refractivity contribution < 1.29 is 13.0 Å². The first-order chi connectivity index (χ1) is 6.32. The van der Waals surface area contributed by atoms with Gasteiger partial charge in [0.05, 0.1) is 4.90 Å². The van der Waals surface area contributed by atoms with Gasteiger partial charge in [0.2, 0.25) is 0 Å². The molecule has 0 aliphatic carbocycles. The molecule has 0 aliphatic heterocycles. The zero-order chi connectivity index (χ0) is 10.9. The van der Waals surface area contributed by atoms with Crippen LogP contribution < -0.4 is 0 Å². The van der Waals surface area contributed by atoms with E-state index in [-0.39, 0.29) is 10.8 Å². The highest BCUT2D eigenvalue weighted by Crippen LogP contribution is 2.22. The summed E-state index contributed by atoms with van der Waals surface area (Å²) in [4.78, 5) is -0.0354. The second-order valence-corrected chi connectivity index (χ2v) is 5.07. The van der Waals surface area contributed by atoms with Crippen LogP contribution in [0, 0.1) is 6.92 Å². The lowest BCUT2D eigenvalue weighted by atomic mass is 9.98. The van der Waals surface area contributed by atoms with Gasteiger partial charge in [-0.25, -0.2) is 0 Å². The Balaban J connectivity index is 3.34. The Labute approximate surface area is 84.5 Å². The highest BCUT2D eigenvalue weighted by Gasteiger charge is 2.12. The highest BCUT2D eigenvalue weighted by atomic mass is 32.2. The van der Waals surface area contributed by atoms with Crippen molar-refractivity contribution in [3.05, 3.63) is 29.3 Å². The molecule has 0 saturated carbocycles. The number of benzene rings is 1. The zero-order valence-electron chi connectivity index (χ0n) is 8.48. The summed E-state index contributed by atoms with van der Waals surface area (Å²) in [5.74, 6) is 0.247. The lowest BCUT2D eigenvalue weighted by molar-refractivity contribution is 0.483. The first-order valence-corrected chi connectivity index (χ1v) is 5.84. The number of hydrogen-bond donors (Lipinski definition) is 1. The minimum atomic E-state index is -4.08. The highest BCUT2D eigenvalue weighted by molar-refractivity contribution is 7.85. The Morgan fingerprint density at radius 2 is 1.86 bits per heavy atom. The van der Waals surface area contributed by atoms with E-state index in [9.17, 15) is 8.42 Å². The molecule has 0 aromatic heterocycles. The predicted octanol–water partition coefficient (Wildman–Crippen LogP) is 2.37. The molecule has 0 radical (unpaired) electrons. The smallest absolute Gasteiger partial charge is 0.282 e. The van der Waals surface area contributed by atoms with E-state index < -0.39 is 10.1 Å². The zero-order valence-corrected chi connectivity index (χ0v) is 9.30. The standard InChI is InChI=1S/C10H14O3S/c1-7(2)10-6-9(14(11,12)13)5-4-8(10)3/h4-7H,1-3H3,(H,11,12,13). The lowest BCUT2D eigenvalue weighted by Gasteiger charge is -2.10. The molecule has 0 fully saturated rings. The van der Waals surface area contributed by atoms with Crippen LogP contribution in [0.5, 0.6) is 0 Å². The molecule has 1 aromatic rings. The van der Waals surface area contributed by atoms with Gasteiger partial charge in [0, 0.05) is 0 Å². The van der Waals surface area contributed by atoms with Crippen LogP contribution in [0.4, 0.5) is 0 Å². The summed E-state index contributed by atoms with van der Waals surface area (Å²) >= 11 is 0. The average molecular weight is 214 g/mol. The van der Waals surface area contributed by atoms with Gasteiger partial charge in [-0.3, -0.25) is 4.55 Å². The predicted molar refractivity (Wildman–Crippen MR) is 55.1 cm³/mol. The summed E-state index contributed by atoms with van der Waals surface area (Å²) in [5, 5.41) is 0. The van der Waals surface area contributed by atoms with E-state index >= 15 is 0 Å². The van der Waals surface area contributed by atoms with Crippen LogP contribution in [0.25, 0.3) is 0 Å². The Bertz CT molecular complexity index is 433. The van der Waals surface area contributed by atoms with E-state index in [2.05, 4.69) is 0 Å². The monoisotopic (exact) mass is 214 g/mol. The topological polar surface area (TPSA) is 54.4 Å². The van der Waals surface area contributed by atoms with E-state index in [0.29, 0.717) is 0 Å². The minimum Gasteiger partial charge on any atom is -0.282 e. The van der Waals surface area contributed by atoms with Gasteiger partial charge in [0.25, 0.3) is 10.1 Å². The van der Waals surface area contributed by atoms with Gasteiger partial charge in [-0.2, -0.15) is 8.42 Å². The molecule has 0 bridgehead atoms. The Morgan fingerprint density at radius 3 is 2.29 bits per heavy atom. The molecule has 1 rings (SSSR count). The van der Waals surface area contributed by atoms with Gasteiger partial charge in [-0.15, -0.1) is 0 Å². The third-order valence-electron chi connectivity index (χ3n) is 2.17. The molecule has 0 aliphatic rings. The molecule has 3 nitrogen and oxygen atoms in total. The van der Waals surface area contributed by atoms with Crippen LogP contribution in [0.3, 0.4) is 0 Å². The van der Waals surface area contributed by atoms with Crippen LogP contribution in [0.2, 0.25) is 0 Å². The van der Waals surface area contributed by atoms with Crippen LogP contribution in [-0.4, -0.2) is 13.0 Å². The Morgan fingerprint density at radius 1 is 1.29 bits per heavy atom. The van der Waals surface area contributed by atoms with Crippen molar-refractivity contribution in [2.45, 2.75) is 31.6 Å². The maximum Gasteiger partial charge on any atom is 0.294 e. The molecule has 1 aromatic carbocycles. The fourth-order valence-electron chi connectivity index (χ4n) is 1.40. The normalized spacial score (nSPS) is 12.1. The van der Waals surface area contributed by atoms with E-state index in [1.54, 1.807) is 6.07 Å². The molecular weight excluding hydrogens is 200 g/mol. The molecule has 0 saturated heterocycles. The summed E-state index contributed by atoms with van der Waals surface area (Å²) in [7, 11) is -4.08. The van der Waals surface area contributed by atoms with Gasteiger partial charge in [0.1, 0.15) is 0 Å². The fourth-order valence-corrected chi connectivity index (χ4v) is 1.92. The Hall–Kier alpha value is -0.870. The van der Waals surface area contributed by atoms with Gasteiger partial charge >= 0.3 is 0 Å². The van der Waals surface area contributed by atoms with Gasteiger partial charge in [-0.05, 0) is 36.1 Å². The average Bonchev–Trinajstić information content (AvgIpc) is 2.02. The molecule has 1 N–H and O–H groups in total. The maximum absolute atomic E-state index is 10.9. The third-order valence-corrected chi connectivity index (χ3v) is 3.02. The minimum absolute atomic E-state index is 0.0354. The van der Waals surface area contributed by atoms with Crippen molar-refractivity contribution >= 4 is 10.1 Å². The SMILES string of the molecule is Cc1ccc(S(=O)(=O)O)cc1C(C)C. The van der Waals surface area contributed by atoms with Crippen molar-refractivity contribution in [3.8, 4) is 0 Å². The van der Waals surface area contributed by atoms with Crippen LogP contribution in [0.15, 0.2) is 23.1 Å². The van der Waals surface area contributed by atoms with E-state index in [0.717, 1.165) is 11.1 Å². The van der Waals surface area contributed by atoms with Crippen LogP contribution >= 0.6 is 0 Å². The van der Waals surface area contributed by atoms with E-state index in [4.69, 9.17) is 4.55 Å². The molecule has 78 valence electrons. The summed E-state index contributed by atoms with van der Waals surface area (Å²) < 4.78 is 30.6. The molecule has 0 heterocycles. The number of hydrogen-bond acceptors (Lipinski definition) is 2. The third kappa shape index (κ3) is 2.33. The molecule has 4 heteroatoms. The summed E-state index contributed by atoms with van der Waals surface area (Å²) in [6.07, 6.45) is 0. The van der Waals surface area contributed by atoms with Gasteiger partial charge in [0.15, 0.2) is 0 Å². The fraction of sp³-hybridized carbons (Fsp3) is 0.400. The summed E-state index contributed by atoms with van der Waals surface area (Å²) in [6, 6.07) is 4.64. The van der Waals surface area contributed by atoms with Gasteiger partial charge < -0.3 is 0 Å². The molecule has 0 unspecified atom stereocenters. The van der Waals surface area contributed by atoms with Gasteiger partial charge in [-0.1, -0.05) is 19.9 Å². The van der Waals surface area contributed by atoms with Crippen molar-refractivity contribution in [2.75, 3.05) is 0 Å². The molecule has 0 spiro atoms. The maximum atomic E-state index is 10.9. The largest absolute Gasteiger partial charge is 0.294 e. The van der Waals surface area contributed by atoms with Crippen LogP contribution in [-0.2, 0) is 10.1 Å². The van der Waals surface area contributed by atoms with Crippen molar-refractivity contribution in [3.63, 3.8) is 0 Å². The molecule has 0 amide bonds. The number of rotatable bonds is 2. The van der Waals surface area contributed by atoms with E-state index in [1.165, 1.54) is 12.1 Å². The molecule has 14 heavy (non-hydrogen) atoms. The lowest BCUT2D eigenvalue weighted by Crippen LogP contribution is -2.01. The second-order valence-electron chi connectivity index (χ2n) is 3.65. The van der Waals surface area contributed by atoms with Crippen molar-refractivity contribution in [1.29, 1.82) is 0 Å². The van der Waals surface area contributed by atoms with Crippen molar-refractivity contribution in [2.24, 2.45) is 0 Å². The van der Waals surface area contributed by atoms with Crippen molar-refractivity contribution in [1.82, 2.24) is 0 Å². The molecule has 0 atom stereocenters. The summed E-state index contributed by atoms with van der Waals surface area (Å²) in [5.41, 5.74) is 1.98. The van der Waals surface area contributed by atoms with Crippen LogP contribution in [0.1, 0.15) is 30.9 Å².